The number of fused-ring (bicyclic) bond motifs is 5. The average molecular weight is 756 g/mol. The molecule has 1 nitrogen and oxygen atoms in total. The fourth-order valence-electron chi connectivity index (χ4n) is 14.8. The molecule has 1 aliphatic heterocycles. The first-order valence-electron chi connectivity index (χ1n) is 22.4. The average Bonchev–Trinajstić information content (AvgIpc) is 3.45. The summed E-state index contributed by atoms with van der Waals surface area (Å²) < 4.78 is 0. The molecule has 0 amide bonds. The molecule has 5 aromatic carbocycles. The zero-order valence-corrected chi connectivity index (χ0v) is 35.3. The number of anilines is 2. The van der Waals surface area contributed by atoms with Crippen molar-refractivity contribution < 1.29 is 0 Å². The highest BCUT2D eigenvalue weighted by Gasteiger charge is 2.57. The normalized spacial score (nSPS) is 34.1. The van der Waals surface area contributed by atoms with Crippen molar-refractivity contribution in [2.45, 2.75) is 107 Å². The third-order valence-corrected chi connectivity index (χ3v) is 17.1. The van der Waals surface area contributed by atoms with Gasteiger partial charge in [-0.2, -0.15) is 0 Å². The molecule has 0 N–H and O–H groups in total. The zero-order chi connectivity index (χ0) is 39.4. The molecule has 0 spiro atoms. The molecule has 4 saturated carbocycles. The lowest BCUT2D eigenvalue weighted by Gasteiger charge is -2.59. The van der Waals surface area contributed by atoms with Crippen LogP contribution in [-0.4, -0.2) is 5.54 Å². The van der Waals surface area contributed by atoms with Crippen LogP contribution in [0.3, 0.4) is 0 Å². The number of para-hydroxylation sites is 1. The molecule has 1 heterocycles. The molecule has 290 valence electrons. The Morgan fingerprint density at radius 3 is 1.79 bits per heavy atom. The van der Waals surface area contributed by atoms with Crippen LogP contribution in [0.2, 0.25) is 0 Å². The third kappa shape index (κ3) is 4.54. The van der Waals surface area contributed by atoms with Gasteiger partial charge in [0.2, 0.25) is 0 Å². The Morgan fingerprint density at radius 2 is 1.12 bits per heavy atom. The molecule has 1 heteroatoms. The zero-order valence-electron chi connectivity index (χ0n) is 35.3. The number of nitrogens with zero attached hydrogens (tertiary/aromatic N) is 1. The summed E-state index contributed by atoms with van der Waals surface area (Å²) in [4.78, 5) is 2.68. The van der Waals surface area contributed by atoms with E-state index < -0.39 is 0 Å². The highest BCUT2D eigenvalue weighted by molar-refractivity contribution is 5.87. The number of hydrogen-bond acceptors (Lipinski definition) is 1. The van der Waals surface area contributed by atoms with Gasteiger partial charge in [0.05, 0.1) is 5.54 Å². The van der Waals surface area contributed by atoms with E-state index in [0.29, 0.717) is 11.3 Å². The summed E-state index contributed by atoms with van der Waals surface area (Å²) in [7, 11) is 0. The van der Waals surface area contributed by atoms with Crippen molar-refractivity contribution in [3.05, 3.63) is 179 Å². The number of benzene rings is 5. The quantitative estimate of drug-likeness (QED) is 0.165. The second kappa shape index (κ2) is 11.7. The summed E-state index contributed by atoms with van der Waals surface area (Å²) in [5.41, 5.74) is 17.8. The molecule has 4 atom stereocenters. The Labute approximate surface area is 346 Å². The van der Waals surface area contributed by atoms with Gasteiger partial charge >= 0.3 is 0 Å². The molecule has 4 bridgehead atoms. The SMILES string of the molecule is CC1C=CC2(C)C3=C1C(C)(c1ccc(-c4ccc(C56CC7CC(CC(C7)C5)C6)cc4)cc1)C=CC3(C)N(c1ccc3c(c1)C(C)(C)c1ccccc1-3)c1ccccc12. The number of rotatable bonds is 4. The summed E-state index contributed by atoms with van der Waals surface area (Å²) in [6, 6.07) is 45.0. The lowest BCUT2D eigenvalue weighted by atomic mass is 9.48. The second-order valence-corrected chi connectivity index (χ2v) is 20.9. The highest BCUT2D eigenvalue weighted by atomic mass is 15.2. The Balaban J connectivity index is 0.941. The van der Waals surface area contributed by atoms with Gasteiger partial charge in [-0.3, -0.25) is 0 Å². The van der Waals surface area contributed by atoms with Crippen LogP contribution in [0.15, 0.2) is 151 Å². The van der Waals surface area contributed by atoms with Gasteiger partial charge in [0.25, 0.3) is 0 Å². The molecule has 4 fully saturated rings. The summed E-state index contributed by atoms with van der Waals surface area (Å²) >= 11 is 0. The monoisotopic (exact) mass is 755 g/mol. The van der Waals surface area contributed by atoms with Crippen LogP contribution in [-0.2, 0) is 21.7 Å². The lowest BCUT2D eigenvalue weighted by Crippen LogP contribution is -2.58. The van der Waals surface area contributed by atoms with Crippen LogP contribution in [0.5, 0.6) is 0 Å². The predicted octanol–water partition coefficient (Wildman–Crippen LogP) is 14.3. The van der Waals surface area contributed by atoms with Crippen molar-refractivity contribution >= 4 is 11.4 Å². The molecule has 8 aliphatic rings. The fourth-order valence-corrected chi connectivity index (χ4v) is 14.8. The smallest absolute Gasteiger partial charge is 0.0833 e. The van der Waals surface area contributed by atoms with Gasteiger partial charge in [-0.25, -0.2) is 0 Å². The second-order valence-electron chi connectivity index (χ2n) is 20.9. The maximum atomic E-state index is 2.68. The minimum absolute atomic E-state index is 0.0667. The Hall–Kier alpha value is -4.88. The van der Waals surface area contributed by atoms with E-state index in [1.807, 2.05) is 0 Å². The van der Waals surface area contributed by atoms with E-state index in [9.17, 15) is 0 Å². The van der Waals surface area contributed by atoms with Gasteiger partial charge in [-0.1, -0.05) is 142 Å². The number of hydrogen-bond donors (Lipinski definition) is 0. The molecule has 0 aromatic heterocycles. The van der Waals surface area contributed by atoms with Gasteiger partial charge in [-0.15, -0.1) is 0 Å². The first-order chi connectivity index (χ1) is 27.9. The van der Waals surface area contributed by atoms with Crippen molar-refractivity contribution in [2.24, 2.45) is 23.7 Å². The fraction of sp³-hybridized carbons (Fsp3) is 0.368. The van der Waals surface area contributed by atoms with Gasteiger partial charge in [0, 0.05) is 27.6 Å². The van der Waals surface area contributed by atoms with Crippen molar-refractivity contribution in [2.75, 3.05) is 4.90 Å². The van der Waals surface area contributed by atoms with Crippen LogP contribution in [0.1, 0.15) is 108 Å². The topological polar surface area (TPSA) is 3.24 Å². The molecule has 4 unspecified atom stereocenters. The van der Waals surface area contributed by atoms with Gasteiger partial charge in [0.1, 0.15) is 0 Å². The van der Waals surface area contributed by atoms with E-state index in [2.05, 4.69) is 186 Å². The maximum Gasteiger partial charge on any atom is 0.0833 e. The standard InChI is InChI=1S/C57H57N/c1-36-25-26-55(5)48-13-9-10-14-50(48)58(44-23-24-46-45-11-7-8-12-47(45)53(2,3)49(46)32-44)56(6)28-27-54(4,51(36)52(55)56)42-19-15-40(16-20-42)41-17-21-43(22-18-41)57-33-37-29-38(34-57)31-39(30-37)35-57/h7-28,32,36-39H,29-31,33-35H2,1-6H3. The summed E-state index contributed by atoms with van der Waals surface area (Å²) in [5, 5.41) is 0. The Morgan fingerprint density at radius 1 is 0.534 bits per heavy atom. The van der Waals surface area contributed by atoms with Crippen LogP contribution in [0.4, 0.5) is 11.4 Å². The predicted molar refractivity (Wildman–Crippen MR) is 242 cm³/mol. The maximum absolute atomic E-state index is 2.68. The van der Waals surface area contributed by atoms with Crippen molar-refractivity contribution in [3.63, 3.8) is 0 Å². The van der Waals surface area contributed by atoms with Crippen LogP contribution in [0.25, 0.3) is 22.3 Å². The summed E-state index contributed by atoms with van der Waals surface area (Å²) in [6.45, 7) is 14.7. The van der Waals surface area contributed by atoms with Crippen LogP contribution in [0, 0.1) is 23.7 Å². The van der Waals surface area contributed by atoms with E-state index >= 15 is 0 Å². The Kier molecular flexibility index (Phi) is 7.05. The van der Waals surface area contributed by atoms with Crippen molar-refractivity contribution in [1.82, 2.24) is 0 Å². The van der Waals surface area contributed by atoms with E-state index in [0.717, 1.165) is 17.8 Å². The lowest BCUT2D eigenvalue weighted by molar-refractivity contribution is -0.00518. The van der Waals surface area contributed by atoms with Crippen molar-refractivity contribution in [1.29, 1.82) is 0 Å². The Bertz CT molecular complexity index is 2600. The van der Waals surface area contributed by atoms with E-state index in [-0.39, 0.29) is 21.8 Å². The summed E-state index contributed by atoms with van der Waals surface area (Å²) in [5.74, 6) is 3.21. The molecule has 0 saturated heterocycles. The third-order valence-electron chi connectivity index (χ3n) is 17.1. The van der Waals surface area contributed by atoms with E-state index in [1.54, 1.807) is 11.1 Å². The molecule has 0 radical (unpaired) electrons. The van der Waals surface area contributed by atoms with Crippen molar-refractivity contribution in [3.8, 4) is 22.3 Å². The minimum atomic E-state index is -0.362. The molecule has 58 heavy (non-hydrogen) atoms. The van der Waals surface area contributed by atoms with Gasteiger partial charge < -0.3 is 4.90 Å². The minimum Gasteiger partial charge on any atom is -0.328 e. The molecular formula is C57H57N. The van der Waals surface area contributed by atoms with Crippen LogP contribution < -0.4 is 4.90 Å². The first-order valence-corrected chi connectivity index (χ1v) is 22.4. The molecular weight excluding hydrogens is 699 g/mol. The van der Waals surface area contributed by atoms with Gasteiger partial charge in [0.15, 0.2) is 0 Å². The largest absolute Gasteiger partial charge is 0.328 e. The first kappa shape index (κ1) is 35.1. The number of allylic oxidation sites excluding steroid dienone is 4. The highest BCUT2D eigenvalue weighted by Crippen LogP contribution is 2.64. The molecule has 13 rings (SSSR count). The molecule has 7 aliphatic carbocycles. The summed E-state index contributed by atoms with van der Waals surface area (Å²) in [6.07, 6.45) is 18.9. The van der Waals surface area contributed by atoms with Crippen LogP contribution >= 0.6 is 0 Å². The van der Waals surface area contributed by atoms with Gasteiger partial charge in [-0.05, 0) is 168 Å². The van der Waals surface area contributed by atoms with E-state index in [4.69, 9.17) is 0 Å². The van der Waals surface area contributed by atoms with E-state index in [1.165, 1.54) is 100.0 Å². The molecule has 5 aromatic rings.